The Morgan fingerprint density at radius 1 is 0.378 bits per heavy atom. The predicted octanol–water partition coefficient (Wildman–Crippen LogP) is 9.54. The molecule has 45 heavy (non-hydrogen) atoms. The van der Waals surface area contributed by atoms with Crippen LogP contribution in [-0.4, -0.2) is 28.0 Å². The Kier molecular flexibility index (Phi) is 7.40. The first-order valence-corrected chi connectivity index (χ1v) is 18.3. The molecule has 5 heteroatoms. The second kappa shape index (κ2) is 11.7. The minimum Gasteiger partial charge on any atom is -0.261 e. The van der Waals surface area contributed by atoms with E-state index < -0.39 is 8.07 Å². The van der Waals surface area contributed by atoms with Crippen molar-refractivity contribution >= 4 is 29.6 Å². The van der Waals surface area contributed by atoms with Crippen LogP contribution in [0, 0.1) is 13.8 Å². The summed E-state index contributed by atoms with van der Waals surface area (Å²) in [4.78, 5) is 18.9. The van der Waals surface area contributed by atoms with Crippen LogP contribution < -0.4 is 0 Å². The van der Waals surface area contributed by atoms with Crippen molar-refractivity contribution in [3.63, 3.8) is 0 Å². The Balaban J connectivity index is 1.42. The average molecular weight is 599 g/mol. The van der Waals surface area contributed by atoms with E-state index in [4.69, 9.17) is 9.97 Å². The van der Waals surface area contributed by atoms with Crippen LogP contribution in [-0.2, 0) is 0 Å². The molecule has 5 heterocycles. The van der Waals surface area contributed by atoms with Gasteiger partial charge in [-0.2, -0.15) is 0 Å². The molecule has 0 N–H and O–H groups in total. The molecule has 218 valence electrons. The number of allylic oxidation sites excluding steroid dienone is 2. The van der Waals surface area contributed by atoms with Crippen LogP contribution in [0.1, 0.15) is 33.6 Å². The molecule has 1 aliphatic rings. The van der Waals surface area contributed by atoms with Crippen molar-refractivity contribution in [3.05, 3.63) is 168 Å². The monoisotopic (exact) mass is 598 g/mol. The van der Waals surface area contributed by atoms with E-state index in [-0.39, 0.29) is 0 Å². The maximum absolute atomic E-state index is 4.98. The highest BCUT2D eigenvalue weighted by atomic mass is 28.3. The lowest BCUT2D eigenvalue weighted by Crippen LogP contribution is -2.28. The van der Waals surface area contributed by atoms with Crippen molar-refractivity contribution in [2.45, 2.75) is 26.9 Å². The van der Waals surface area contributed by atoms with Gasteiger partial charge in [-0.1, -0.05) is 85.9 Å². The van der Waals surface area contributed by atoms with Crippen LogP contribution in [0.5, 0.6) is 0 Å². The van der Waals surface area contributed by atoms with Gasteiger partial charge in [-0.05, 0) is 94.0 Å². The highest BCUT2D eigenvalue weighted by Crippen LogP contribution is 2.55. The minimum atomic E-state index is -2.33. The Morgan fingerprint density at radius 2 is 0.756 bits per heavy atom. The van der Waals surface area contributed by atoms with E-state index in [1.54, 1.807) is 0 Å². The summed E-state index contributed by atoms with van der Waals surface area (Å²) in [7, 11) is -2.33. The normalized spacial score (nSPS) is 14.2. The maximum Gasteiger partial charge on any atom is 0.115 e. The number of aryl methyl sites for hydroxylation is 2. The van der Waals surface area contributed by atoms with Gasteiger partial charge in [0.15, 0.2) is 0 Å². The first-order valence-electron chi connectivity index (χ1n) is 15.3. The van der Waals surface area contributed by atoms with Crippen molar-refractivity contribution < 1.29 is 0 Å². The molecule has 0 atom stereocenters. The fraction of sp³-hybridized carbons (Fsp3) is 0.100. The first-order chi connectivity index (χ1) is 21.9. The SMILES string of the molecule is Cc1ccc(-c2ccc(C3=C(c4ccccc4)C(c4ccccc4)=C(c4ccc(-c5ccc(C)nc5)nc4)[Si]3(C)C)cn2)cn1. The van der Waals surface area contributed by atoms with Crippen molar-refractivity contribution in [3.8, 4) is 22.5 Å². The standard InChI is InChI=1S/C40H34N4Si/c1-27-15-17-31(23-41-27)35-21-19-33(25-43-35)39-37(29-11-7-5-8-12-29)38(30-13-9-6-10-14-30)40(45(39,3)4)34-20-22-36(44-26-34)32-18-16-28(2)42-24-32/h5-26H,1-4H3. The van der Waals surface area contributed by atoms with Gasteiger partial charge in [0.25, 0.3) is 0 Å². The highest BCUT2D eigenvalue weighted by Gasteiger charge is 2.44. The summed E-state index contributed by atoms with van der Waals surface area (Å²) in [6, 6.07) is 38.6. The lowest BCUT2D eigenvalue weighted by molar-refractivity contribution is 1.19. The molecule has 0 bridgehead atoms. The van der Waals surface area contributed by atoms with Gasteiger partial charge in [-0.3, -0.25) is 19.9 Å². The van der Waals surface area contributed by atoms with Crippen molar-refractivity contribution in [2.75, 3.05) is 0 Å². The lowest BCUT2D eigenvalue weighted by Gasteiger charge is -2.26. The number of benzene rings is 2. The van der Waals surface area contributed by atoms with Crippen molar-refractivity contribution in [1.82, 2.24) is 19.9 Å². The maximum atomic E-state index is 4.98. The number of hydrogen-bond donors (Lipinski definition) is 0. The van der Waals surface area contributed by atoms with Crippen LogP contribution >= 0.6 is 0 Å². The third kappa shape index (κ3) is 5.36. The van der Waals surface area contributed by atoms with Crippen LogP contribution in [0.15, 0.2) is 134 Å². The van der Waals surface area contributed by atoms with Crippen molar-refractivity contribution in [1.29, 1.82) is 0 Å². The molecular formula is C40H34N4Si. The summed E-state index contributed by atoms with van der Waals surface area (Å²) in [5.41, 5.74) is 13.2. The second-order valence-corrected chi connectivity index (χ2v) is 16.3. The predicted molar refractivity (Wildman–Crippen MR) is 188 cm³/mol. The highest BCUT2D eigenvalue weighted by molar-refractivity contribution is 7.13. The number of aromatic nitrogens is 4. The molecule has 0 saturated carbocycles. The molecule has 6 aromatic rings. The van der Waals surface area contributed by atoms with Crippen molar-refractivity contribution in [2.24, 2.45) is 0 Å². The summed E-state index contributed by atoms with van der Waals surface area (Å²) in [6.07, 6.45) is 7.91. The molecular weight excluding hydrogens is 565 g/mol. The summed E-state index contributed by atoms with van der Waals surface area (Å²) < 4.78 is 0. The van der Waals surface area contributed by atoms with E-state index in [9.17, 15) is 0 Å². The van der Waals surface area contributed by atoms with Crippen LogP contribution in [0.25, 0.3) is 44.1 Å². The number of hydrogen-bond acceptors (Lipinski definition) is 4. The molecule has 0 amide bonds. The van der Waals surface area contributed by atoms with E-state index >= 15 is 0 Å². The zero-order chi connectivity index (χ0) is 31.0. The Labute approximate surface area is 266 Å². The first kappa shape index (κ1) is 28.5. The Hall–Kier alpha value is -5.26. The average Bonchev–Trinajstić information content (AvgIpc) is 3.33. The van der Waals surface area contributed by atoms with Crippen LogP contribution in [0.2, 0.25) is 13.1 Å². The smallest absolute Gasteiger partial charge is 0.115 e. The van der Waals surface area contributed by atoms with Gasteiger partial charge in [-0.25, -0.2) is 0 Å². The molecule has 1 aliphatic heterocycles. The van der Waals surface area contributed by atoms with Gasteiger partial charge in [0.2, 0.25) is 0 Å². The molecule has 0 unspecified atom stereocenters. The van der Waals surface area contributed by atoms with Crippen LogP contribution in [0.3, 0.4) is 0 Å². The zero-order valence-corrected chi connectivity index (χ0v) is 27.0. The number of pyridine rings is 4. The zero-order valence-electron chi connectivity index (χ0n) is 26.0. The topological polar surface area (TPSA) is 51.6 Å². The Bertz CT molecular complexity index is 1880. The van der Waals surface area contributed by atoms with E-state index in [0.717, 1.165) is 45.0 Å². The van der Waals surface area contributed by atoms with Gasteiger partial charge >= 0.3 is 0 Å². The summed E-state index contributed by atoms with van der Waals surface area (Å²) in [5, 5.41) is 2.77. The van der Waals surface area contributed by atoms with E-state index in [0.29, 0.717) is 0 Å². The number of rotatable bonds is 6. The molecule has 0 radical (unpaired) electrons. The molecule has 0 fully saturated rings. The fourth-order valence-electron chi connectivity index (χ4n) is 6.46. The molecule has 0 spiro atoms. The van der Waals surface area contributed by atoms with Gasteiger partial charge in [0, 0.05) is 47.3 Å². The lowest BCUT2D eigenvalue weighted by atomic mass is 9.89. The third-order valence-corrected chi connectivity index (χ3v) is 12.2. The molecule has 4 aromatic heterocycles. The van der Waals surface area contributed by atoms with Gasteiger partial charge in [-0.15, -0.1) is 0 Å². The third-order valence-electron chi connectivity index (χ3n) is 8.64. The number of nitrogens with zero attached hydrogens (tertiary/aromatic N) is 4. The van der Waals surface area contributed by atoms with E-state index in [1.165, 1.54) is 32.7 Å². The van der Waals surface area contributed by atoms with E-state index in [2.05, 4.69) is 133 Å². The van der Waals surface area contributed by atoms with Gasteiger partial charge in [0.05, 0.1) is 11.4 Å². The minimum absolute atomic E-state index is 0.924. The molecule has 0 aliphatic carbocycles. The van der Waals surface area contributed by atoms with Gasteiger partial charge < -0.3 is 0 Å². The van der Waals surface area contributed by atoms with Crippen LogP contribution in [0.4, 0.5) is 0 Å². The quantitative estimate of drug-likeness (QED) is 0.179. The van der Waals surface area contributed by atoms with Gasteiger partial charge in [0.1, 0.15) is 8.07 Å². The summed E-state index contributed by atoms with van der Waals surface area (Å²) in [6.45, 7) is 8.93. The summed E-state index contributed by atoms with van der Waals surface area (Å²) >= 11 is 0. The second-order valence-electron chi connectivity index (χ2n) is 12.1. The molecule has 2 aromatic carbocycles. The largest absolute Gasteiger partial charge is 0.261 e. The molecule has 4 nitrogen and oxygen atoms in total. The fourth-order valence-corrected chi connectivity index (χ4v) is 10.2. The molecule has 7 rings (SSSR count). The summed E-state index contributed by atoms with van der Waals surface area (Å²) in [5.74, 6) is 0. The van der Waals surface area contributed by atoms with E-state index in [1.807, 2.05) is 38.4 Å². The Morgan fingerprint density at radius 3 is 1.09 bits per heavy atom. The molecule has 0 saturated heterocycles.